The van der Waals surface area contributed by atoms with Crippen molar-refractivity contribution in [3.05, 3.63) is 95.0 Å². The zero-order valence-electron chi connectivity index (χ0n) is 17.5. The monoisotopic (exact) mass is 469 g/mol. The lowest BCUT2D eigenvalue weighted by Crippen LogP contribution is -2.43. The van der Waals surface area contributed by atoms with Gasteiger partial charge in [0.15, 0.2) is 16.4 Å². The average molecular weight is 470 g/mol. The van der Waals surface area contributed by atoms with Crippen molar-refractivity contribution in [2.45, 2.75) is 18.9 Å². The predicted molar refractivity (Wildman–Crippen MR) is 127 cm³/mol. The number of anilines is 1. The zero-order chi connectivity index (χ0) is 22.6. The molecule has 0 bridgehead atoms. The molecule has 0 saturated carbocycles. The molecule has 1 saturated heterocycles. The first-order valence-electron chi connectivity index (χ1n) is 10.4. The number of benzene rings is 3. The summed E-state index contributed by atoms with van der Waals surface area (Å²) in [5.41, 5.74) is 2.66. The van der Waals surface area contributed by atoms with E-state index in [9.17, 15) is 13.2 Å². The first kappa shape index (κ1) is 22.4. The number of ether oxygens (including phenoxy) is 1. The van der Waals surface area contributed by atoms with Gasteiger partial charge in [-0.3, -0.25) is 4.79 Å². The van der Waals surface area contributed by atoms with E-state index in [1.54, 1.807) is 17.0 Å². The van der Waals surface area contributed by atoms with Crippen molar-refractivity contribution >= 4 is 33.0 Å². The van der Waals surface area contributed by atoms with Crippen LogP contribution in [0, 0.1) is 0 Å². The summed E-state index contributed by atoms with van der Waals surface area (Å²) in [5.74, 6) is 0.360. The number of halogens is 1. The Hall–Kier alpha value is -2.83. The molecule has 0 spiro atoms. The summed E-state index contributed by atoms with van der Waals surface area (Å²) in [4.78, 5) is 14.8. The third-order valence-corrected chi connectivity index (χ3v) is 7.47. The Balaban J connectivity index is 1.53. The molecule has 5 nitrogen and oxygen atoms in total. The summed E-state index contributed by atoms with van der Waals surface area (Å²) in [6.07, 6.45) is 1.04. The molecule has 1 atom stereocenters. The fourth-order valence-electron chi connectivity index (χ4n) is 3.98. The van der Waals surface area contributed by atoms with Crippen molar-refractivity contribution in [2.24, 2.45) is 0 Å². The molecule has 3 aromatic rings. The van der Waals surface area contributed by atoms with Gasteiger partial charge in [0.2, 0.25) is 0 Å². The second-order valence-electron chi connectivity index (χ2n) is 7.86. The quantitative estimate of drug-likeness (QED) is 0.510. The maximum Gasteiger partial charge on any atom is 0.265 e. The highest BCUT2D eigenvalue weighted by Crippen LogP contribution is 2.27. The highest BCUT2D eigenvalue weighted by atomic mass is 35.5. The highest BCUT2D eigenvalue weighted by Gasteiger charge is 2.35. The number of hydrogen-bond acceptors (Lipinski definition) is 4. The fourth-order valence-corrected chi connectivity index (χ4v) is 5.87. The van der Waals surface area contributed by atoms with Crippen molar-refractivity contribution in [3.63, 3.8) is 0 Å². The van der Waals surface area contributed by atoms with Crippen LogP contribution in [0.1, 0.15) is 17.5 Å². The van der Waals surface area contributed by atoms with Gasteiger partial charge in [0.25, 0.3) is 5.91 Å². The van der Waals surface area contributed by atoms with Crippen LogP contribution in [0.5, 0.6) is 5.75 Å². The molecule has 3 aromatic carbocycles. The molecule has 1 amide bonds. The van der Waals surface area contributed by atoms with Gasteiger partial charge in [-0.05, 0) is 47.9 Å². The summed E-state index contributed by atoms with van der Waals surface area (Å²) >= 11 is 6.20. The van der Waals surface area contributed by atoms with E-state index in [1.165, 1.54) is 0 Å². The molecule has 0 radical (unpaired) electrons. The Morgan fingerprint density at radius 1 is 1.00 bits per heavy atom. The van der Waals surface area contributed by atoms with Crippen molar-refractivity contribution in [1.82, 2.24) is 0 Å². The molecular formula is C25H24ClNO4S. The van der Waals surface area contributed by atoms with Crippen LogP contribution >= 0.6 is 11.6 Å². The lowest BCUT2D eigenvalue weighted by Gasteiger charge is -2.28. The molecule has 166 valence electrons. The molecule has 1 aliphatic rings. The number of para-hydroxylation sites is 1. The van der Waals surface area contributed by atoms with Crippen LogP contribution in [-0.4, -0.2) is 38.5 Å². The van der Waals surface area contributed by atoms with E-state index in [2.05, 4.69) is 0 Å². The summed E-state index contributed by atoms with van der Waals surface area (Å²) in [6, 6.07) is 24.0. The van der Waals surface area contributed by atoms with Gasteiger partial charge in [-0.1, -0.05) is 60.1 Å². The third kappa shape index (κ3) is 5.50. The number of sulfone groups is 1. The van der Waals surface area contributed by atoms with E-state index in [4.69, 9.17) is 16.3 Å². The summed E-state index contributed by atoms with van der Waals surface area (Å²) in [7, 11) is -3.14. The van der Waals surface area contributed by atoms with Gasteiger partial charge in [-0.2, -0.15) is 0 Å². The van der Waals surface area contributed by atoms with Gasteiger partial charge in [-0.25, -0.2) is 8.42 Å². The van der Waals surface area contributed by atoms with Crippen LogP contribution in [0.25, 0.3) is 0 Å². The van der Waals surface area contributed by atoms with Crippen LogP contribution in [0.4, 0.5) is 5.69 Å². The van der Waals surface area contributed by atoms with Crippen molar-refractivity contribution in [2.75, 3.05) is 23.0 Å². The first-order chi connectivity index (χ1) is 15.4. The molecule has 0 aromatic heterocycles. The summed E-state index contributed by atoms with van der Waals surface area (Å²) in [6.45, 7) is -0.200. The Kier molecular flexibility index (Phi) is 6.82. The Morgan fingerprint density at radius 2 is 1.69 bits per heavy atom. The number of hydrogen-bond donors (Lipinski definition) is 0. The predicted octanol–water partition coefficient (Wildman–Crippen LogP) is 4.53. The Labute approximate surface area is 193 Å². The summed E-state index contributed by atoms with van der Waals surface area (Å²) in [5, 5.41) is 0.594. The van der Waals surface area contributed by atoms with E-state index >= 15 is 0 Å². The van der Waals surface area contributed by atoms with E-state index < -0.39 is 15.9 Å². The molecule has 1 heterocycles. The number of carbonyl (C=O) groups is 1. The number of amides is 1. The van der Waals surface area contributed by atoms with Crippen LogP contribution in [0.15, 0.2) is 78.9 Å². The van der Waals surface area contributed by atoms with Crippen LogP contribution in [0.2, 0.25) is 5.02 Å². The number of nitrogens with zero attached hydrogens (tertiary/aromatic N) is 1. The molecule has 0 unspecified atom stereocenters. The molecule has 1 fully saturated rings. The Bertz CT molecular complexity index is 1180. The van der Waals surface area contributed by atoms with Crippen LogP contribution in [0.3, 0.4) is 0 Å². The molecule has 0 N–H and O–H groups in total. The topological polar surface area (TPSA) is 63.7 Å². The second kappa shape index (κ2) is 9.76. The Morgan fingerprint density at radius 3 is 2.34 bits per heavy atom. The van der Waals surface area contributed by atoms with Crippen molar-refractivity contribution in [1.29, 1.82) is 0 Å². The minimum atomic E-state index is -3.14. The maximum atomic E-state index is 13.2. The van der Waals surface area contributed by atoms with Gasteiger partial charge in [0, 0.05) is 17.1 Å². The number of rotatable bonds is 7. The van der Waals surface area contributed by atoms with Crippen LogP contribution < -0.4 is 9.64 Å². The highest BCUT2D eigenvalue weighted by molar-refractivity contribution is 7.91. The first-order valence-corrected chi connectivity index (χ1v) is 12.6. The van der Waals surface area contributed by atoms with Gasteiger partial charge in [0.05, 0.1) is 17.5 Å². The smallest absolute Gasteiger partial charge is 0.265 e. The SMILES string of the molecule is O=C(COc1ccc(Cl)cc1Cc1ccccc1)N(c1ccccc1)[C@@H]1CCS(=O)(=O)C1. The van der Waals surface area contributed by atoms with Gasteiger partial charge in [0.1, 0.15) is 5.75 Å². The van der Waals surface area contributed by atoms with E-state index in [-0.39, 0.29) is 24.0 Å². The fraction of sp³-hybridized carbons (Fsp3) is 0.240. The maximum absolute atomic E-state index is 13.2. The van der Waals surface area contributed by atoms with E-state index in [0.29, 0.717) is 29.3 Å². The van der Waals surface area contributed by atoms with Crippen molar-refractivity contribution < 1.29 is 17.9 Å². The molecule has 0 aliphatic carbocycles. The third-order valence-electron chi connectivity index (χ3n) is 5.49. The van der Waals surface area contributed by atoms with Crippen LogP contribution in [-0.2, 0) is 21.1 Å². The zero-order valence-corrected chi connectivity index (χ0v) is 19.1. The molecule has 7 heteroatoms. The number of carbonyl (C=O) groups excluding carboxylic acids is 1. The molecule has 4 rings (SSSR count). The largest absolute Gasteiger partial charge is 0.483 e. The van der Waals surface area contributed by atoms with E-state index in [1.807, 2.05) is 66.7 Å². The minimum Gasteiger partial charge on any atom is -0.483 e. The van der Waals surface area contributed by atoms with Gasteiger partial charge in [-0.15, -0.1) is 0 Å². The lowest BCUT2D eigenvalue weighted by molar-refractivity contribution is -0.121. The van der Waals surface area contributed by atoms with E-state index in [0.717, 1.165) is 11.1 Å². The van der Waals surface area contributed by atoms with Gasteiger partial charge >= 0.3 is 0 Å². The normalized spacial score (nSPS) is 17.1. The standard InChI is InChI=1S/C25H24ClNO4S/c26-21-11-12-24(20(16-21)15-19-7-3-1-4-8-19)31-17-25(28)27(22-9-5-2-6-10-22)23-13-14-32(29,30)18-23/h1-12,16,23H,13-15,17-18H2/t23-/m1/s1. The lowest BCUT2D eigenvalue weighted by atomic mass is 10.0. The van der Waals surface area contributed by atoms with Crippen molar-refractivity contribution in [3.8, 4) is 5.75 Å². The second-order valence-corrected chi connectivity index (χ2v) is 10.5. The molecule has 32 heavy (non-hydrogen) atoms. The minimum absolute atomic E-state index is 0.0339. The molecular weight excluding hydrogens is 446 g/mol. The molecule has 1 aliphatic heterocycles. The average Bonchev–Trinajstić information content (AvgIpc) is 3.14. The van der Waals surface area contributed by atoms with Gasteiger partial charge < -0.3 is 9.64 Å². The summed E-state index contributed by atoms with van der Waals surface area (Å²) < 4.78 is 30.0.